The maximum absolute atomic E-state index is 13.5. The van der Waals surface area contributed by atoms with Crippen molar-refractivity contribution in [3.63, 3.8) is 0 Å². The van der Waals surface area contributed by atoms with Crippen molar-refractivity contribution in [3.05, 3.63) is 59.9 Å². The monoisotopic (exact) mass is 286 g/mol. The molecule has 0 saturated carbocycles. The van der Waals surface area contributed by atoms with E-state index >= 15 is 0 Å². The molecule has 110 valence electrons. The molecule has 0 saturated heterocycles. The molecule has 0 atom stereocenters. The molecule has 3 nitrogen and oxygen atoms in total. The van der Waals surface area contributed by atoms with Crippen LogP contribution in [-0.4, -0.2) is 5.91 Å². The molecular weight excluding hydrogens is 267 g/mol. The number of hydrogen-bond acceptors (Lipinski definition) is 2. The summed E-state index contributed by atoms with van der Waals surface area (Å²) in [5.74, 6) is -0.324. The van der Waals surface area contributed by atoms with Crippen molar-refractivity contribution in [2.24, 2.45) is 5.92 Å². The van der Waals surface area contributed by atoms with Crippen LogP contribution in [0.15, 0.2) is 48.5 Å². The molecule has 1 amide bonds. The van der Waals surface area contributed by atoms with Gasteiger partial charge in [0.2, 0.25) is 5.91 Å². The summed E-state index contributed by atoms with van der Waals surface area (Å²) >= 11 is 0. The number of hydrogen-bond donors (Lipinski definition) is 2. The molecule has 2 aromatic rings. The molecule has 0 unspecified atom stereocenters. The molecule has 4 heteroatoms. The third kappa shape index (κ3) is 4.31. The van der Waals surface area contributed by atoms with Gasteiger partial charge in [0.25, 0.3) is 0 Å². The first kappa shape index (κ1) is 15.0. The van der Waals surface area contributed by atoms with Gasteiger partial charge in [-0.2, -0.15) is 0 Å². The minimum absolute atomic E-state index is 0.0266. The van der Waals surface area contributed by atoms with E-state index in [-0.39, 0.29) is 17.6 Å². The van der Waals surface area contributed by atoms with Crippen LogP contribution in [0.4, 0.5) is 15.8 Å². The fourth-order valence-electron chi connectivity index (χ4n) is 1.83. The van der Waals surface area contributed by atoms with Crippen molar-refractivity contribution in [1.29, 1.82) is 0 Å². The highest BCUT2D eigenvalue weighted by Gasteiger charge is 2.07. The predicted molar refractivity (Wildman–Crippen MR) is 83.6 cm³/mol. The van der Waals surface area contributed by atoms with Gasteiger partial charge in [-0.1, -0.05) is 38.1 Å². The molecule has 0 aliphatic carbocycles. The zero-order valence-electron chi connectivity index (χ0n) is 12.2. The zero-order valence-corrected chi connectivity index (χ0v) is 12.2. The molecule has 0 spiro atoms. The Morgan fingerprint density at radius 1 is 1.10 bits per heavy atom. The van der Waals surface area contributed by atoms with Crippen molar-refractivity contribution < 1.29 is 9.18 Å². The Labute approximate surface area is 124 Å². The predicted octanol–water partition coefficient (Wildman–Crippen LogP) is 4.03. The van der Waals surface area contributed by atoms with Crippen molar-refractivity contribution >= 4 is 17.3 Å². The van der Waals surface area contributed by atoms with Crippen molar-refractivity contribution in [1.82, 2.24) is 0 Å². The number of rotatable bonds is 5. The van der Waals surface area contributed by atoms with Gasteiger partial charge < -0.3 is 10.6 Å². The fourth-order valence-corrected chi connectivity index (χ4v) is 1.83. The first-order valence-electron chi connectivity index (χ1n) is 6.94. The van der Waals surface area contributed by atoms with E-state index in [9.17, 15) is 9.18 Å². The molecule has 0 aliphatic rings. The molecule has 0 heterocycles. The minimum Gasteiger partial charge on any atom is -0.381 e. The van der Waals surface area contributed by atoms with Gasteiger partial charge in [0.1, 0.15) is 5.82 Å². The maximum atomic E-state index is 13.5. The second-order valence-corrected chi connectivity index (χ2v) is 5.17. The number of benzene rings is 2. The Kier molecular flexibility index (Phi) is 4.93. The minimum atomic E-state index is -0.228. The van der Waals surface area contributed by atoms with Gasteiger partial charge in [0, 0.05) is 29.4 Å². The Bertz CT molecular complexity index is 626. The fraction of sp³-hybridized carbons (Fsp3) is 0.235. The Morgan fingerprint density at radius 3 is 2.52 bits per heavy atom. The number of carbonyl (C=O) groups is 1. The van der Waals surface area contributed by atoms with Gasteiger partial charge in [0.05, 0.1) is 0 Å². The number of carbonyl (C=O) groups excluding carboxylic acids is 1. The van der Waals surface area contributed by atoms with Crippen LogP contribution in [0, 0.1) is 11.7 Å². The SMILES string of the molecule is CC(C)C(=O)Nc1cccc(NCc2ccccc2F)c1. The summed E-state index contributed by atoms with van der Waals surface area (Å²) in [6.07, 6.45) is 0. The van der Waals surface area contributed by atoms with Crippen LogP contribution in [0.2, 0.25) is 0 Å². The van der Waals surface area contributed by atoms with E-state index in [0.29, 0.717) is 12.1 Å². The van der Waals surface area contributed by atoms with E-state index in [1.54, 1.807) is 18.2 Å². The summed E-state index contributed by atoms with van der Waals surface area (Å²) in [7, 11) is 0. The Balaban J connectivity index is 2.01. The van der Waals surface area contributed by atoms with Gasteiger partial charge in [-0.25, -0.2) is 4.39 Å². The average Bonchev–Trinajstić information content (AvgIpc) is 2.46. The number of halogens is 1. The van der Waals surface area contributed by atoms with E-state index in [0.717, 1.165) is 11.4 Å². The first-order valence-corrected chi connectivity index (χ1v) is 6.94. The van der Waals surface area contributed by atoms with Gasteiger partial charge in [-0.15, -0.1) is 0 Å². The van der Waals surface area contributed by atoms with Gasteiger partial charge in [-0.3, -0.25) is 4.79 Å². The quantitative estimate of drug-likeness (QED) is 0.871. The lowest BCUT2D eigenvalue weighted by atomic mass is 10.2. The van der Waals surface area contributed by atoms with E-state index in [1.807, 2.05) is 38.1 Å². The summed E-state index contributed by atoms with van der Waals surface area (Å²) in [6.45, 7) is 4.08. The normalized spacial score (nSPS) is 10.5. The molecule has 2 rings (SSSR count). The third-order valence-electron chi connectivity index (χ3n) is 3.10. The molecule has 0 aromatic heterocycles. The highest BCUT2D eigenvalue weighted by molar-refractivity contribution is 5.92. The highest BCUT2D eigenvalue weighted by atomic mass is 19.1. The summed E-state index contributed by atoms with van der Waals surface area (Å²) in [4.78, 5) is 11.7. The molecule has 2 aromatic carbocycles. The lowest BCUT2D eigenvalue weighted by molar-refractivity contribution is -0.118. The maximum Gasteiger partial charge on any atom is 0.226 e. The second kappa shape index (κ2) is 6.88. The standard InChI is InChI=1S/C17H19FN2O/c1-12(2)17(21)20-15-8-5-7-14(10-15)19-11-13-6-3-4-9-16(13)18/h3-10,12,19H,11H2,1-2H3,(H,20,21). The lowest BCUT2D eigenvalue weighted by Crippen LogP contribution is -2.17. The largest absolute Gasteiger partial charge is 0.381 e. The van der Waals surface area contributed by atoms with Crippen LogP contribution in [0.1, 0.15) is 19.4 Å². The summed E-state index contributed by atoms with van der Waals surface area (Å²) in [5, 5.41) is 5.99. The summed E-state index contributed by atoms with van der Waals surface area (Å²) in [5.41, 5.74) is 2.17. The molecule has 0 fully saturated rings. The second-order valence-electron chi connectivity index (χ2n) is 5.17. The molecule has 0 radical (unpaired) electrons. The summed E-state index contributed by atoms with van der Waals surface area (Å²) < 4.78 is 13.5. The Morgan fingerprint density at radius 2 is 1.81 bits per heavy atom. The number of nitrogens with one attached hydrogen (secondary N) is 2. The molecule has 21 heavy (non-hydrogen) atoms. The van der Waals surface area contributed by atoms with Gasteiger partial charge in [0.15, 0.2) is 0 Å². The van der Waals surface area contributed by atoms with Crippen LogP contribution in [0.5, 0.6) is 0 Å². The third-order valence-corrected chi connectivity index (χ3v) is 3.10. The van der Waals surface area contributed by atoms with Crippen molar-refractivity contribution in [3.8, 4) is 0 Å². The van der Waals surface area contributed by atoms with E-state index < -0.39 is 0 Å². The van der Waals surface area contributed by atoms with Crippen LogP contribution in [0.3, 0.4) is 0 Å². The Hall–Kier alpha value is -2.36. The molecule has 0 aliphatic heterocycles. The molecular formula is C17H19FN2O. The average molecular weight is 286 g/mol. The zero-order chi connectivity index (χ0) is 15.2. The lowest BCUT2D eigenvalue weighted by Gasteiger charge is -2.11. The van der Waals surface area contributed by atoms with E-state index in [2.05, 4.69) is 10.6 Å². The van der Waals surface area contributed by atoms with Crippen molar-refractivity contribution in [2.75, 3.05) is 10.6 Å². The van der Waals surface area contributed by atoms with E-state index in [4.69, 9.17) is 0 Å². The van der Waals surface area contributed by atoms with Crippen LogP contribution >= 0.6 is 0 Å². The highest BCUT2D eigenvalue weighted by Crippen LogP contribution is 2.17. The van der Waals surface area contributed by atoms with Crippen LogP contribution < -0.4 is 10.6 Å². The number of anilines is 2. The first-order chi connectivity index (χ1) is 10.1. The van der Waals surface area contributed by atoms with Crippen LogP contribution in [-0.2, 0) is 11.3 Å². The van der Waals surface area contributed by atoms with Crippen molar-refractivity contribution in [2.45, 2.75) is 20.4 Å². The van der Waals surface area contributed by atoms with Crippen LogP contribution in [0.25, 0.3) is 0 Å². The molecule has 0 bridgehead atoms. The smallest absolute Gasteiger partial charge is 0.226 e. The topological polar surface area (TPSA) is 41.1 Å². The van der Waals surface area contributed by atoms with E-state index in [1.165, 1.54) is 6.07 Å². The van der Waals surface area contributed by atoms with Gasteiger partial charge in [-0.05, 0) is 24.3 Å². The number of amides is 1. The molecule has 2 N–H and O–H groups in total. The summed E-state index contributed by atoms with van der Waals surface area (Å²) in [6, 6.07) is 14.0. The van der Waals surface area contributed by atoms with Gasteiger partial charge >= 0.3 is 0 Å².